The van der Waals surface area contributed by atoms with Gasteiger partial charge in [0, 0.05) is 59.8 Å². The third kappa shape index (κ3) is 11.4. The van der Waals surface area contributed by atoms with Crippen molar-refractivity contribution in [2.24, 2.45) is 11.8 Å². The average molecular weight is 780 g/mol. The number of aromatic amines is 2. The predicted molar refractivity (Wildman–Crippen MR) is 207 cm³/mol. The Morgan fingerprint density at radius 1 is 0.720 bits per heavy atom. The molecule has 280 valence electrons. The molecule has 2 saturated heterocycles. The van der Waals surface area contributed by atoms with Crippen molar-refractivity contribution in [3.63, 3.8) is 0 Å². The second-order valence-corrected chi connectivity index (χ2v) is 12.9. The summed E-state index contributed by atoms with van der Waals surface area (Å²) in [5.41, 5.74) is 5.34. The van der Waals surface area contributed by atoms with Crippen LogP contribution >= 0.6 is 0 Å². The van der Waals surface area contributed by atoms with Gasteiger partial charge in [0.25, 0.3) is 0 Å². The van der Waals surface area contributed by atoms with E-state index in [1.165, 1.54) is 37.8 Å². The van der Waals surface area contributed by atoms with Gasteiger partial charge in [-0.2, -0.15) is 0 Å². The van der Waals surface area contributed by atoms with Crippen LogP contribution in [0.4, 0.5) is 0 Å². The molecule has 2 aromatic heterocycles. The van der Waals surface area contributed by atoms with Crippen LogP contribution in [0.15, 0.2) is 88.5 Å². The van der Waals surface area contributed by atoms with Crippen LogP contribution in [0, 0.1) is 19.3 Å². The number of aliphatic hydroxyl groups excluding tert-OH is 1. The zero-order valence-electron chi connectivity index (χ0n) is 28.9. The van der Waals surface area contributed by atoms with Gasteiger partial charge < -0.3 is 27.4 Å². The van der Waals surface area contributed by atoms with Crippen LogP contribution in [0.5, 0.6) is 0 Å². The molecule has 3 atom stereocenters. The summed E-state index contributed by atoms with van der Waals surface area (Å²) in [5.74, 6) is 1.11. The predicted octanol–water partition coefficient (Wildman–Crippen LogP) is 6.67. The van der Waals surface area contributed by atoms with Gasteiger partial charge in [-0.15, -0.1) is 0 Å². The van der Waals surface area contributed by atoms with Gasteiger partial charge in [0.1, 0.15) is 0 Å². The van der Waals surface area contributed by atoms with E-state index in [-0.39, 0.29) is 54.1 Å². The van der Waals surface area contributed by atoms with Gasteiger partial charge in [-0.3, -0.25) is 14.0 Å². The Kier molecular flexibility index (Phi) is 19.6. The number of nitrogens with zero attached hydrogens (tertiary/aromatic N) is 4. The number of imidazole rings is 2. The van der Waals surface area contributed by atoms with Crippen LogP contribution in [-0.4, -0.2) is 80.4 Å². The van der Waals surface area contributed by atoms with Gasteiger partial charge in [-0.1, -0.05) is 69.5 Å². The van der Waals surface area contributed by atoms with Crippen LogP contribution in [-0.2, 0) is 39.9 Å². The summed E-state index contributed by atoms with van der Waals surface area (Å²) in [6, 6.07) is 27.1. The fourth-order valence-corrected chi connectivity index (χ4v) is 7.25. The number of nitrogens with one attached hydrogen (secondary N) is 2. The van der Waals surface area contributed by atoms with Crippen LogP contribution in [0.25, 0.3) is 22.1 Å². The first kappa shape index (κ1) is 44.8. The van der Waals surface area contributed by atoms with E-state index >= 15 is 0 Å². The van der Waals surface area contributed by atoms with E-state index in [9.17, 15) is 9.59 Å². The molecule has 3 N–H and O–H groups in total. The Morgan fingerprint density at radius 2 is 1.18 bits per heavy atom. The number of benzene rings is 3. The number of rotatable bonds is 7. The Labute approximate surface area is 313 Å². The Morgan fingerprint density at radius 3 is 1.70 bits per heavy atom. The quantitative estimate of drug-likeness (QED) is 0.127. The van der Waals surface area contributed by atoms with Gasteiger partial charge >= 0.3 is 11.4 Å². The fraction of sp³-hybridized carbons (Fsp3) is 0.475. The number of piperidine rings is 2. The van der Waals surface area contributed by atoms with Gasteiger partial charge in [0.05, 0.1) is 22.1 Å². The number of aromatic nitrogens is 4. The maximum absolute atomic E-state index is 12.4. The minimum Gasteiger partial charge on any atom is -0.400 e. The van der Waals surface area contributed by atoms with E-state index in [4.69, 9.17) is 5.11 Å². The maximum Gasteiger partial charge on any atom is 0.326 e. The molecule has 9 nitrogen and oxygen atoms in total. The zero-order valence-corrected chi connectivity index (χ0v) is 30.4. The number of fused-ring (bicyclic) bond motifs is 2. The largest absolute Gasteiger partial charge is 0.400 e. The fourth-order valence-electron chi connectivity index (χ4n) is 7.25. The Bertz CT molecular complexity index is 1780. The van der Waals surface area contributed by atoms with E-state index in [0.29, 0.717) is 17.9 Å². The molecule has 5 aromatic rings. The van der Waals surface area contributed by atoms with Crippen molar-refractivity contribution in [3.05, 3.63) is 113 Å². The molecular formula is C40H61N6O3Pd-. The second kappa shape index (κ2) is 21.8. The number of H-pyrrole nitrogens is 2. The number of hydrogen-bond donors (Lipinski definition) is 3. The van der Waals surface area contributed by atoms with E-state index in [1.807, 2.05) is 57.7 Å². The summed E-state index contributed by atoms with van der Waals surface area (Å²) in [6.07, 6.45) is 5.94. The summed E-state index contributed by atoms with van der Waals surface area (Å²) < 4.78 is 3.81. The summed E-state index contributed by atoms with van der Waals surface area (Å²) in [7, 11) is 3.16. The molecule has 2 aliphatic rings. The first-order valence-electron chi connectivity index (χ1n) is 16.7. The Balaban J connectivity index is 0.000000464. The standard InChI is InChI=1S/C22H27N3O.C14H19N3O.CH4O.2CH4.CH3.Pd/c1-17(14-18-8-3-2-4-9-18)24-13-7-10-19(15-24)16-25-21-12-6-5-11-20(21)23-22(25)26;1-16-8-4-5-11(9-16)10-17-13-7-3-2-6-12(13)15-14(17)18;1-2;;;;/h2-6,8-9,11-12,17,19H,7,10,13-16H2,1H3,(H,23,26);2-3,6-7,11H,4-5,8-10H2,1H3,(H,15,18);2H,1H3;2*1H4;1H3;/q;;;;;-1;. The molecule has 0 amide bonds. The van der Waals surface area contributed by atoms with Crippen LogP contribution in [0.1, 0.15) is 53.0 Å². The summed E-state index contributed by atoms with van der Waals surface area (Å²) in [6.45, 7) is 8.45. The normalized spacial score (nSPS) is 18.1. The number of aliphatic hydroxyl groups is 1. The minimum atomic E-state index is 0. The zero-order chi connectivity index (χ0) is 32.5. The topological polar surface area (TPSA) is 102 Å². The van der Waals surface area contributed by atoms with Gasteiger partial charge in [-0.25, -0.2) is 9.59 Å². The molecule has 3 aromatic carbocycles. The molecule has 0 saturated carbocycles. The van der Waals surface area contributed by atoms with Gasteiger partial charge in [-0.05, 0) is 101 Å². The molecule has 7 rings (SSSR count). The van der Waals surface area contributed by atoms with E-state index in [0.717, 1.165) is 68.3 Å². The summed E-state index contributed by atoms with van der Waals surface area (Å²) in [4.78, 5) is 35.2. The van der Waals surface area contributed by atoms with E-state index < -0.39 is 0 Å². The van der Waals surface area contributed by atoms with Crippen molar-refractivity contribution in [3.8, 4) is 0 Å². The molecule has 0 aliphatic carbocycles. The van der Waals surface area contributed by atoms with Crippen molar-refractivity contribution in [2.45, 2.75) is 73.0 Å². The second-order valence-electron chi connectivity index (χ2n) is 12.9. The molecule has 3 unspecified atom stereocenters. The van der Waals surface area contributed by atoms with Crippen LogP contribution < -0.4 is 11.4 Å². The molecule has 4 heterocycles. The number of hydrogen-bond acceptors (Lipinski definition) is 5. The molecule has 0 radical (unpaired) electrons. The first-order valence-corrected chi connectivity index (χ1v) is 16.7. The molecule has 50 heavy (non-hydrogen) atoms. The number of likely N-dealkylation sites (tertiary alicyclic amines) is 2. The van der Waals surface area contributed by atoms with Crippen molar-refractivity contribution in [1.82, 2.24) is 28.9 Å². The maximum atomic E-state index is 12.4. The first-order chi connectivity index (χ1) is 22.4. The molecular weight excluding hydrogens is 719 g/mol. The molecule has 2 fully saturated rings. The third-order valence-corrected chi connectivity index (χ3v) is 9.51. The van der Waals surface area contributed by atoms with Crippen molar-refractivity contribution >= 4 is 22.1 Å². The summed E-state index contributed by atoms with van der Waals surface area (Å²) in [5, 5.41) is 7.00. The van der Waals surface area contributed by atoms with Crippen molar-refractivity contribution < 1.29 is 25.5 Å². The van der Waals surface area contributed by atoms with Gasteiger partial charge in [0.2, 0.25) is 0 Å². The Hall–Kier alpha value is -3.26. The molecule has 0 spiro atoms. The average Bonchev–Trinajstić information content (AvgIpc) is 3.57. The molecule has 10 heteroatoms. The van der Waals surface area contributed by atoms with Crippen molar-refractivity contribution in [2.75, 3.05) is 40.3 Å². The van der Waals surface area contributed by atoms with Crippen molar-refractivity contribution in [1.29, 1.82) is 0 Å². The summed E-state index contributed by atoms with van der Waals surface area (Å²) >= 11 is 0. The third-order valence-electron chi connectivity index (χ3n) is 9.51. The van der Waals surface area contributed by atoms with E-state index in [1.54, 1.807) is 0 Å². The smallest absolute Gasteiger partial charge is 0.326 e. The van der Waals surface area contributed by atoms with Crippen LogP contribution in [0.3, 0.4) is 0 Å². The SMILES string of the molecule is C.C.CC(Cc1ccccc1)N1CCCC(Cn2c(=O)[nH]c3ccccc32)C1.CN1CCCC(Cn2c(=O)[nH]c3ccccc32)C1.CO.[CH3-].[Pd]. The van der Waals surface area contributed by atoms with Crippen LogP contribution in [0.2, 0.25) is 0 Å². The minimum absolute atomic E-state index is 0. The van der Waals surface area contributed by atoms with E-state index in [2.05, 4.69) is 64.1 Å². The molecule has 2 aliphatic heterocycles. The number of para-hydroxylation sites is 4. The molecule has 0 bridgehead atoms. The van der Waals surface area contributed by atoms with Gasteiger partial charge in [0.15, 0.2) is 0 Å². The monoisotopic (exact) mass is 779 g/mol.